The van der Waals surface area contributed by atoms with E-state index in [9.17, 15) is 10.1 Å². The molecule has 9 heteroatoms. The van der Waals surface area contributed by atoms with Crippen molar-refractivity contribution in [3.63, 3.8) is 0 Å². The number of esters is 1. The minimum Gasteiger partial charge on any atom is -0.493 e. The number of carbonyl (C=O) groups is 1. The van der Waals surface area contributed by atoms with Gasteiger partial charge in [-0.2, -0.15) is 5.26 Å². The number of hydrogen-bond acceptors (Lipinski definition) is 8. The minimum absolute atomic E-state index is 0.0306. The molecule has 0 aliphatic carbocycles. The molecular weight excluding hydrogens is 540 g/mol. The zero-order valence-corrected chi connectivity index (χ0v) is 21.7. The second-order valence-corrected chi connectivity index (χ2v) is 9.24. The van der Waals surface area contributed by atoms with Crippen molar-refractivity contribution in [1.82, 2.24) is 0 Å². The number of halogens is 1. The van der Waals surface area contributed by atoms with Crippen LogP contribution in [0.4, 0.5) is 0 Å². The zero-order chi connectivity index (χ0) is 26.3. The maximum Gasteiger partial charge on any atom is 0.379 e. The number of allylic oxidation sites excluding steroid dienone is 1. The van der Waals surface area contributed by atoms with Crippen LogP contribution in [0.1, 0.15) is 33.2 Å². The van der Waals surface area contributed by atoms with Gasteiger partial charge in [0, 0.05) is 27.1 Å². The number of furan rings is 1. The summed E-state index contributed by atoms with van der Waals surface area (Å²) >= 11 is 3.43. The molecule has 8 nitrogen and oxygen atoms in total. The molecule has 1 unspecified atom stereocenters. The first-order chi connectivity index (χ1) is 17.8. The lowest BCUT2D eigenvalue weighted by atomic mass is 9.83. The molecule has 1 atom stereocenters. The van der Waals surface area contributed by atoms with E-state index in [0.717, 1.165) is 15.4 Å². The fourth-order valence-corrected chi connectivity index (χ4v) is 4.78. The van der Waals surface area contributed by atoms with E-state index in [2.05, 4.69) is 22.0 Å². The standard InChI is InChI=1S/C28H21BrN2O6/c1-14-19-11-16(29)5-9-21(19)36-26(14)28(32)35-17-6-7-18-23(12-17)37-27(31)20(13-30)25(18)15-4-8-22(33-2)24(10-15)34-3/h4-12,25H,31H2,1-3H3. The fourth-order valence-electron chi connectivity index (χ4n) is 4.42. The lowest BCUT2D eigenvalue weighted by molar-refractivity contribution is 0.0702. The number of aryl methyl sites for hydroxylation is 1. The van der Waals surface area contributed by atoms with Gasteiger partial charge in [-0.15, -0.1) is 0 Å². The Morgan fingerprint density at radius 3 is 2.57 bits per heavy atom. The number of methoxy groups -OCH3 is 2. The molecule has 0 saturated carbocycles. The van der Waals surface area contributed by atoms with Gasteiger partial charge in [0.05, 0.1) is 20.1 Å². The molecule has 1 aliphatic rings. The van der Waals surface area contributed by atoms with Gasteiger partial charge in [0.15, 0.2) is 11.5 Å². The van der Waals surface area contributed by atoms with Crippen LogP contribution >= 0.6 is 15.9 Å². The van der Waals surface area contributed by atoms with Crippen molar-refractivity contribution >= 4 is 32.9 Å². The Labute approximate surface area is 220 Å². The molecule has 1 aliphatic heterocycles. The predicted molar refractivity (Wildman–Crippen MR) is 139 cm³/mol. The highest BCUT2D eigenvalue weighted by Gasteiger charge is 2.32. The van der Waals surface area contributed by atoms with Crippen molar-refractivity contribution in [1.29, 1.82) is 5.26 Å². The second kappa shape index (κ2) is 9.56. The number of hydrogen-bond donors (Lipinski definition) is 1. The Hall–Kier alpha value is -4.42. The molecule has 37 heavy (non-hydrogen) atoms. The van der Waals surface area contributed by atoms with E-state index in [4.69, 9.17) is 29.1 Å². The summed E-state index contributed by atoms with van der Waals surface area (Å²) in [7, 11) is 3.09. The van der Waals surface area contributed by atoms with Gasteiger partial charge < -0.3 is 29.1 Å². The maximum atomic E-state index is 13.0. The fraction of sp³-hybridized carbons (Fsp3) is 0.143. The van der Waals surface area contributed by atoms with Crippen LogP contribution in [0.15, 0.2) is 74.9 Å². The molecule has 5 rings (SSSR count). The average molecular weight is 561 g/mol. The first-order valence-electron chi connectivity index (χ1n) is 11.2. The third-order valence-electron chi connectivity index (χ3n) is 6.23. The topological polar surface area (TPSA) is 117 Å². The number of benzene rings is 3. The summed E-state index contributed by atoms with van der Waals surface area (Å²) in [5, 5.41) is 10.7. The van der Waals surface area contributed by atoms with E-state index < -0.39 is 11.9 Å². The van der Waals surface area contributed by atoms with Crippen LogP contribution < -0.4 is 24.7 Å². The van der Waals surface area contributed by atoms with E-state index in [1.165, 1.54) is 7.11 Å². The van der Waals surface area contributed by atoms with Crippen molar-refractivity contribution in [2.45, 2.75) is 12.8 Å². The molecule has 3 aromatic carbocycles. The highest BCUT2D eigenvalue weighted by atomic mass is 79.9. The molecule has 4 aromatic rings. The van der Waals surface area contributed by atoms with Crippen LogP contribution in [0, 0.1) is 18.3 Å². The van der Waals surface area contributed by atoms with Crippen molar-refractivity contribution < 1.29 is 28.2 Å². The summed E-state index contributed by atoms with van der Waals surface area (Å²) < 4.78 is 28.8. The highest BCUT2D eigenvalue weighted by molar-refractivity contribution is 9.10. The molecule has 1 aromatic heterocycles. The first kappa shape index (κ1) is 24.3. The molecule has 0 saturated heterocycles. The van der Waals surface area contributed by atoms with Gasteiger partial charge >= 0.3 is 5.97 Å². The Kier molecular flexibility index (Phi) is 6.27. The van der Waals surface area contributed by atoms with Gasteiger partial charge in [0.25, 0.3) is 0 Å². The lowest BCUT2D eigenvalue weighted by Crippen LogP contribution is -2.21. The van der Waals surface area contributed by atoms with Gasteiger partial charge in [0.1, 0.15) is 28.7 Å². The Bertz CT molecular complexity index is 1630. The Morgan fingerprint density at radius 1 is 1.05 bits per heavy atom. The number of nitrogens with zero attached hydrogens (tertiary/aromatic N) is 1. The number of rotatable bonds is 5. The van der Waals surface area contributed by atoms with Gasteiger partial charge in [0.2, 0.25) is 11.6 Å². The van der Waals surface area contributed by atoms with Gasteiger partial charge in [-0.25, -0.2) is 4.79 Å². The summed E-state index contributed by atoms with van der Waals surface area (Å²) in [5.74, 6) is 0.605. The van der Waals surface area contributed by atoms with Crippen LogP contribution in [0.25, 0.3) is 11.0 Å². The minimum atomic E-state index is -0.641. The normalized spacial score (nSPS) is 14.5. The zero-order valence-electron chi connectivity index (χ0n) is 20.1. The largest absolute Gasteiger partial charge is 0.493 e. The molecule has 0 spiro atoms. The summed E-state index contributed by atoms with van der Waals surface area (Å²) in [6.45, 7) is 1.80. The van der Waals surface area contributed by atoms with Crippen LogP contribution in [0.2, 0.25) is 0 Å². The molecule has 2 heterocycles. The smallest absolute Gasteiger partial charge is 0.379 e. The van der Waals surface area contributed by atoms with E-state index in [1.54, 1.807) is 50.4 Å². The Morgan fingerprint density at radius 2 is 1.84 bits per heavy atom. The average Bonchev–Trinajstić information content (AvgIpc) is 3.23. The SMILES string of the molecule is COc1ccc(C2C(C#N)=C(N)Oc3cc(OC(=O)c4oc5ccc(Br)cc5c4C)ccc32)cc1OC. The Balaban J connectivity index is 1.50. The molecule has 186 valence electrons. The molecular formula is C28H21BrN2O6. The summed E-state index contributed by atoms with van der Waals surface area (Å²) in [6, 6.07) is 18.0. The van der Waals surface area contributed by atoms with Gasteiger partial charge in [-0.05, 0) is 48.9 Å². The van der Waals surface area contributed by atoms with Crippen LogP contribution in [0.5, 0.6) is 23.0 Å². The third kappa shape index (κ3) is 4.26. The molecule has 0 fully saturated rings. The quantitative estimate of drug-likeness (QED) is 0.235. The molecule has 0 amide bonds. The third-order valence-corrected chi connectivity index (χ3v) is 6.72. The first-order valence-corrected chi connectivity index (χ1v) is 12.0. The van der Waals surface area contributed by atoms with E-state index in [0.29, 0.717) is 34.0 Å². The van der Waals surface area contributed by atoms with Gasteiger partial charge in [-0.1, -0.05) is 28.1 Å². The summed E-state index contributed by atoms with van der Waals surface area (Å²) in [4.78, 5) is 13.0. The number of nitrogens with two attached hydrogens (primary N) is 1. The van der Waals surface area contributed by atoms with E-state index >= 15 is 0 Å². The number of fused-ring (bicyclic) bond motifs is 2. The van der Waals surface area contributed by atoms with E-state index in [-0.39, 0.29) is 23.0 Å². The van der Waals surface area contributed by atoms with Crippen molar-refractivity contribution in [3.8, 4) is 29.1 Å². The lowest BCUT2D eigenvalue weighted by Gasteiger charge is -2.27. The summed E-state index contributed by atoms with van der Waals surface area (Å²) in [6.07, 6.45) is 0. The monoisotopic (exact) mass is 560 g/mol. The van der Waals surface area contributed by atoms with Crippen molar-refractivity contribution in [2.24, 2.45) is 5.73 Å². The molecule has 2 N–H and O–H groups in total. The molecule has 0 bridgehead atoms. The van der Waals surface area contributed by atoms with Crippen molar-refractivity contribution in [3.05, 3.63) is 93.0 Å². The number of carbonyl (C=O) groups excluding carboxylic acids is 1. The second-order valence-electron chi connectivity index (χ2n) is 8.33. The van der Waals surface area contributed by atoms with Crippen LogP contribution in [-0.2, 0) is 0 Å². The number of ether oxygens (including phenoxy) is 4. The van der Waals surface area contributed by atoms with Crippen LogP contribution in [-0.4, -0.2) is 20.2 Å². The predicted octanol–water partition coefficient (Wildman–Crippen LogP) is 5.96. The number of nitriles is 1. The maximum absolute atomic E-state index is 13.0. The summed E-state index contributed by atoms with van der Waals surface area (Å²) in [5.41, 5.74) is 9.09. The highest BCUT2D eigenvalue weighted by Crippen LogP contribution is 2.45. The van der Waals surface area contributed by atoms with Crippen LogP contribution in [0.3, 0.4) is 0 Å². The van der Waals surface area contributed by atoms with Gasteiger partial charge in [-0.3, -0.25) is 0 Å². The molecule has 0 radical (unpaired) electrons. The van der Waals surface area contributed by atoms with Crippen molar-refractivity contribution in [2.75, 3.05) is 14.2 Å². The van der Waals surface area contributed by atoms with E-state index in [1.807, 2.05) is 18.2 Å².